The summed E-state index contributed by atoms with van der Waals surface area (Å²) in [6.45, 7) is 0.268. The quantitative estimate of drug-likeness (QED) is 0.568. The minimum atomic E-state index is -0.968. The Morgan fingerprint density at radius 2 is 1.93 bits per heavy atom. The van der Waals surface area contributed by atoms with Gasteiger partial charge in [-0.3, -0.25) is 9.69 Å². The average molecular weight is 415 g/mol. The Labute approximate surface area is 171 Å². The largest absolute Gasteiger partial charge is 0.493 e. The molecule has 2 aromatic carbocycles. The van der Waals surface area contributed by atoms with Gasteiger partial charge >= 0.3 is 5.97 Å². The topological polar surface area (TPSA) is 76.1 Å². The van der Waals surface area contributed by atoms with E-state index in [1.807, 2.05) is 6.07 Å². The highest BCUT2D eigenvalue weighted by molar-refractivity contribution is 8.26. The van der Waals surface area contributed by atoms with Crippen LogP contribution in [0.15, 0.2) is 47.4 Å². The van der Waals surface area contributed by atoms with Crippen molar-refractivity contribution in [3.63, 3.8) is 0 Å². The van der Waals surface area contributed by atoms with Gasteiger partial charge < -0.3 is 14.6 Å². The summed E-state index contributed by atoms with van der Waals surface area (Å²) >= 11 is 6.39. The van der Waals surface area contributed by atoms with Gasteiger partial charge in [0.05, 0.1) is 17.6 Å². The van der Waals surface area contributed by atoms with Crippen LogP contribution in [0.25, 0.3) is 6.08 Å². The van der Waals surface area contributed by atoms with Gasteiger partial charge in [-0.1, -0.05) is 42.2 Å². The summed E-state index contributed by atoms with van der Waals surface area (Å²) in [5.74, 6) is -0.0169. The lowest BCUT2D eigenvalue weighted by molar-refractivity contribution is -0.121. The molecule has 3 rings (SSSR count). The molecule has 0 saturated carbocycles. The number of benzene rings is 2. The molecule has 0 aromatic heterocycles. The number of hydrogen-bond acceptors (Lipinski definition) is 6. The van der Waals surface area contributed by atoms with Crippen LogP contribution in [0.5, 0.6) is 11.5 Å². The molecule has 2 aromatic rings. The molecule has 1 N–H and O–H groups in total. The van der Waals surface area contributed by atoms with E-state index in [1.54, 1.807) is 44.5 Å². The SMILES string of the molecule is COc1cc(C=C2SC(=S)N(C)C2=O)ccc1OCc1ccc(C(=O)O)cc1. The number of nitrogens with zero attached hydrogens (tertiary/aromatic N) is 1. The van der Waals surface area contributed by atoms with Crippen LogP contribution in [-0.4, -0.2) is 40.4 Å². The minimum absolute atomic E-state index is 0.126. The predicted molar refractivity (Wildman–Crippen MR) is 112 cm³/mol. The second kappa shape index (κ2) is 8.45. The molecular formula is C20H17NO5S2. The molecule has 28 heavy (non-hydrogen) atoms. The van der Waals surface area contributed by atoms with Crippen LogP contribution in [0, 0.1) is 0 Å². The first kappa shape index (κ1) is 19.9. The normalized spacial score (nSPS) is 15.2. The fourth-order valence-electron chi connectivity index (χ4n) is 2.49. The van der Waals surface area contributed by atoms with Gasteiger partial charge in [-0.05, 0) is 41.5 Å². The highest BCUT2D eigenvalue weighted by Crippen LogP contribution is 2.34. The van der Waals surface area contributed by atoms with Gasteiger partial charge in [0.15, 0.2) is 11.5 Å². The molecule has 0 spiro atoms. The number of carbonyl (C=O) groups is 2. The second-order valence-corrected chi connectivity index (χ2v) is 7.62. The smallest absolute Gasteiger partial charge is 0.335 e. The third-order valence-electron chi connectivity index (χ3n) is 4.07. The van der Waals surface area contributed by atoms with Gasteiger partial charge in [-0.15, -0.1) is 0 Å². The highest BCUT2D eigenvalue weighted by atomic mass is 32.2. The summed E-state index contributed by atoms with van der Waals surface area (Å²) in [6, 6.07) is 11.9. The first-order chi connectivity index (χ1) is 13.4. The monoisotopic (exact) mass is 415 g/mol. The number of carbonyl (C=O) groups excluding carboxylic acids is 1. The number of aromatic carboxylic acids is 1. The van der Waals surface area contributed by atoms with Crippen LogP contribution < -0.4 is 9.47 Å². The summed E-state index contributed by atoms with van der Waals surface area (Å²) in [5.41, 5.74) is 1.86. The summed E-state index contributed by atoms with van der Waals surface area (Å²) < 4.78 is 11.7. The lowest BCUT2D eigenvalue weighted by atomic mass is 10.1. The predicted octanol–water partition coefficient (Wildman–Crippen LogP) is 3.80. The first-order valence-electron chi connectivity index (χ1n) is 8.23. The maximum Gasteiger partial charge on any atom is 0.335 e. The van der Waals surface area contributed by atoms with Crippen molar-refractivity contribution in [1.82, 2.24) is 4.90 Å². The van der Waals surface area contributed by atoms with E-state index in [1.165, 1.54) is 28.8 Å². The molecule has 1 heterocycles. The van der Waals surface area contributed by atoms with Gasteiger partial charge in [-0.25, -0.2) is 4.79 Å². The number of likely N-dealkylation sites (N-methyl/N-ethyl adjacent to an activating group) is 1. The number of hydrogen-bond donors (Lipinski definition) is 1. The highest BCUT2D eigenvalue weighted by Gasteiger charge is 2.28. The van der Waals surface area contributed by atoms with Gasteiger partial charge in [0.1, 0.15) is 10.9 Å². The van der Waals surface area contributed by atoms with Gasteiger partial charge in [0.2, 0.25) is 0 Å². The second-order valence-electron chi connectivity index (χ2n) is 5.94. The molecule has 1 amide bonds. The number of carboxylic acid groups (broad SMARTS) is 1. The third kappa shape index (κ3) is 4.35. The molecule has 0 unspecified atom stereocenters. The molecule has 0 aliphatic carbocycles. The van der Waals surface area contributed by atoms with Crippen molar-refractivity contribution in [2.75, 3.05) is 14.2 Å². The van der Waals surface area contributed by atoms with E-state index in [0.29, 0.717) is 20.7 Å². The number of ether oxygens (including phenoxy) is 2. The number of amides is 1. The van der Waals surface area contributed by atoms with E-state index >= 15 is 0 Å². The van der Waals surface area contributed by atoms with E-state index < -0.39 is 5.97 Å². The summed E-state index contributed by atoms with van der Waals surface area (Å²) in [6.07, 6.45) is 1.76. The van der Waals surface area contributed by atoms with Crippen molar-refractivity contribution >= 4 is 46.3 Å². The zero-order valence-electron chi connectivity index (χ0n) is 15.2. The van der Waals surface area contributed by atoms with Crippen molar-refractivity contribution in [2.45, 2.75) is 6.61 Å². The fourth-order valence-corrected chi connectivity index (χ4v) is 3.67. The van der Waals surface area contributed by atoms with Crippen LogP contribution >= 0.6 is 24.0 Å². The number of thiocarbonyl (C=S) groups is 1. The van der Waals surface area contributed by atoms with E-state index in [0.717, 1.165) is 11.1 Å². The molecule has 144 valence electrons. The maximum atomic E-state index is 12.1. The summed E-state index contributed by atoms with van der Waals surface area (Å²) in [4.78, 5) is 25.0. The molecule has 1 aliphatic heterocycles. The summed E-state index contributed by atoms with van der Waals surface area (Å²) in [7, 11) is 3.19. The van der Waals surface area contributed by atoms with Crippen LogP contribution in [0.2, 0.25) is 0 Å². The molecule has 0 bridgehead atoms. The Morgan fingerprint density at radius 3 is 2.50 bits per heavy atom. The Bertz CT molecular complexity index is 969. The van der Waals surface area contributed by atoms with Crippen molar-refractivity contribution in [3.05, 3.63) is 64.1 Å². The van der Waals surface area contributed by atoms with Crippen molar-refractivity contribution < 1.29 is 24.2 Å². The maximum absolute atomic E-state index is 12.1. The van der Waals surface area contributed by atoms with E-state index in [2.05, 4.69) is 0 Å². The number of thioether (sulfide) groups is 1. The molecular weight excluding hydrogens is 398 g/mol. The first-order valence-corrected chi connectivity index (χ1v) is 9.46. The van der Waals surface area contributed by atoms with Crippen molar-refractivity contribution in [3.8, 4) is 11.5 Å². The molecule has 0 radical (unpaired) electrons. The molecule has 8 heteroatoms. The standard InChI is InChI=1S/C20H17NO5S2/c1-21-18(22)17(28-20(21)27)10-13-5-8-15(16(9-13)25-2)26-11-12-3-6-14(7-4-12)19(23)24/h3-10H,11H2,1-2H3,(H,23,24). The van der Waals surface area contributed by atoms with E-state index in [-0.39, 0.29) is 18.1 Å². The molecule has 1 fully saturated rings. The van der Waals surface area contributed by atoms with E-state index in [9.17, 15) is 9.59 Å². The molecule has 1 saturated heterocycles. The Kier molecular flexibility index (Phi) is 6.01. The Morgan fingerprint density at radius 1 is 1.21 bits per heavy atom. The average Bonchev–Trinajstić information content (AvgIpc) is 2.93. The van der Waals surface area contributed by atoms with Crippen LogP contribution in [0.3, 0.4) is 0 Å². The third-order valence-corrected chi connectivity index (χ3v) is 5.55. The lowest BCUT2D eigenvalue weighted by Gasteiger charge is -2.12. The van der Waals surface area contributed by atoms with Gasteiger partial charge in [0, 0.05) is 7.05 Å². The zero-order valence-corrected chi connectivity index (χ0v) is 16.8. The number of carboxylic acids is 1. The minimum Gasteiger partial charge on any atom is -0.493 e. The molecule has 0 atom stereocenters. The van der Waals surface area contributed by atoms with Crippen LogP contribution in [-0.2, 0) is 11.4 Å². The van der Waals surface area contributed by atoms with Crippen LogP contribution in [0.1, 0.15) is 21.5 Å². The Balaban J connectivity index is 1.74. The number of methoxy groups -OCH3 is 1. The fraction of sp³-hybridized carbons (Fsp3) is 0.150. The van der Waals surface area contributed by atoms with Crippen molar-refractivity contribution in [1.29, 1.82) is 0 Å². The van der Waals surface area contributed by atoms with Gasteiger partial charge in [0.25, 0.3) is 5.91 Å². The zero-order chi connectivity index (χ0) is 20.3. The Hall–Kier alpha value is -2.84. The summed E-state index contributed by atoms with van der Waals surface area (Å²) in [5, 5.41) is 8.94. The number of rotatable bonds is 6. The van der Waals surface area contributed by atoms with Crippen molar-refractivity contribution in [2.24, 2.45) is 0 Å². The lowest BCUT2D eigenvalue weighted by Crippen LogP contribution is -2.22. The molecule has 1 aliphatic rings. The van der Waals surface area contributed by atoms with Gasteiger partial charge in [-0.2, -0.15) is 0 Å². The van der Waals surface area contributed by atoms with E-state index in [4.69, 9.17) is 26.8 Å². The van der Waals surface area contributed by atoms with Crippen LogP contribution in [0.4, 0.5) is 0 Å². The molecule has 6 nitrogen and oxygen atoms in total.